The van der Waals surface area contributed by atoms with E-state index < -0.39 is 0 Å². The fraction of sp³-hybridized carbons (Fsp3) is 0.375. The molecule has 0 saturated carbocycles. The topological polar surface area (TPSA) is 68.5 Å². The summed E-state index contributed by atoms with van der Waals surface area (Å²) in [5.74, 6) is 1.34. The molecule has 1 heterocycles. The molecule has 0 aliphatic carbocycles. The Morgan fingerprint density at radius 3 is 2.47 bits per heavy atom. The zero-order valence-electron chi connectivity index (χ0n) is 18.7. The molecule has 1 aromatic heterocycles. The Morgan fingerprint density at radius 2 is 1.81 bits per heavy atom. The zero-order valence-corrected chi connectivity index (χ0v) is 20.2. The van der Waals surface area contributed by atoms with Gasteiger partial charge >= 0.3 is 0 Å². The minimum atomic E-state index is -0.0370. The molecule has 0 fully saturated rings. The van der Waals surface area contributed by atoms with Crippen LogP contribution in [0.2, 0.25) is 10.0 Å². The van der Waals surface area contributed by atoms with Crippen LogP contribution in [-0.2, 0) is 16.8 Å². The molecule has 0 radical (unpaired) electrons. The normalized spacial score (nSPS) is 11.4. The van der Waals surface area contributed by atoms with Crippen LogP contribution in [0.4, 0.5) is 0 Å². The summed E-state index contributed by atoms with van der Waals surface area (Å²) in [6.45, 7) is 7.11. The number of aromatic nitrogens is 2. The van der Waals surface area contributed by atoms with Crippen molar-refractivity contribution >= 4 is 29.1 Å². The van der Waals surface area contributed by atoms with Crippen LogP contribution in [0.15, 0.2) is 46.9 Å². The van der Waals surface area contributed by atoms with Crippen LogP contribution < -0.4 is 4.74 Å². The van der Waals surface area contributed by atoms with Gasteiger partial charge in [0.05, 0.1) is 18.2 Å². The molecule has 2 aromatic carbocycles. The number of nitrogens with zero attached hydrogens (tertiary/aromatic N) is 3. The standard InChI is InChI=1S/C24H27Cl2N3O3/c1-24(2,3)17-9-7-16(8-10-17)23-28-27-21(32-23)15-29(4)22(30)6-5-13-31-20-12-11-18(25)14-19(20)26/h7-12,14H,5-6,13,15H2,1-4H3. The van der Waals surface area contributed by atoms with Crippen LogP contribution in [0, 0.1) is 0 Å². The van der Waals surface area contributed by atoms with Gasteiger partial charge < -0.3 is 14.1 Å². The molecule has 8 heteroatoms. The molecule has 0 spiro atoms. The Hall–Kier alpha value is -2.57. The molecule has 0 unspecified atom stereocenters. The predicted molar refractivity (Wildman–Crippen MR) is 126 cm³/mol. The third-order valence-corrected chi connectivity index (χ3v) is 5.48. The first-order valence-corrected chi connectivity index (χ1v) is 11.1. The first-order valence-electron chi connectivity index (χ1n) is 10.4. The maximum absolute atomic E-state index is 12.4. The smallest absolute Gasteiger partial charge is 0.247 e. The number of rotatable bonds is 8. The second kappa shape index (κ2) is 10.4. The minimum absolute atomic E-state index is 0.0370. The molecular formula is C24H27Cl2N3O3. The van der Waals surface area contributed by atoms with Gasteiger partial charge in [-0.3, -0.25) is 4.79 Å². The van der Waals surface area contributed by atoms with Gasteiger partial charge in [-0.2, -0.15) is 0 Å². The fourth-order valence-corrected chi connectivity index (χ4v) is 3.49. The Balaban J connectivity index is 1.47. The largest absolute Gasteiger partial charge is 0.492 e. The molecule has 0 atom stereocenters. The van der Waals surface area contributed by atoms with Gasteiger partial charge in [0.25, 0.3) is 0 Å². The van der Waals surface area contributed by atoms with Crippen molar-refractivity contribution in [2.45, 2.75) is 45.6 Å². The number of halogens is 2. The Kier molecular flexibility index (Phi) is 7.80. The SMILES string of the molecule is CN(Cc1nnc(-c2ccc(C(C)(C)C)cc2)o1)C(=O)CCCOc1ccc(Cl)cc1Cl. The maximum Gasteiger partial charge on any atom is 0.247 e. The van der Waals surface area contributed by atoms with Crippen molar-refractivity contribution in [2.24, 2.45) is 0 Å². The summed E-state index contributed by atoms with van der Waals surface area (Å²) >= 11 is 12.0. The number of hydrogen-bond acceptors (Lipinski definition) is 5. The van der Waals surface area contributed by atoms with E-state index in [4.69, 9.17) is 32.4 Å². The van der Waals surface area contributed by atoms with E-state index in [-0.39, 0.29) is 17.9 Å². The van der Waals surface area contributed by atoms with Crippen molar-refractivity contribution in [1.82, 2.24) is 15.1 Å². The third kappa shape index (κ3) is 6.47. The monoisotopic (exact) mass is 475 g/mol. The van der Waals surface area contributed by atoms with Gasteiger partial charge in [-0.25, -0.2) is 0 Å². The Bertz CT molecular complexity index is 1060. The van der Waals surface area contributed by atoms with E-state index in [1.807, 2.05) is 12.1 Å². The zero-order chi connectivity index (χ0) is 23.3. The molecular weight excluding hydrogens is 449 g/mol. The van der Waals surface area contributed by atoms with E-state index >= 15 is 0 Å². The van der Waals surface area contributed by atoms with Crippen LogP contribution >= 0.6 is 23.2 Å². The quantitative estimate of drug-likeness (QED) is 0.365. The number of carbonyl (C=O) groups excluding carboxylic acids is 1. The van der Waals surface area contributed by atoms with Crippen LogP contribution in [0.3, 0.4) is 0 Å². The molecule has 0 aliphatic rings. The average molecular weight is 476 g/mol. The lowest BCUT2D eigenvalue weighted by molar-refractivity contribution is -0.130. The van der Waals surface area contributed by atoms with Crippen LogP contribution in [-0.4, -0.2) is 34.7 Å². The number of ether oxygens (including phenoxy) is 1. The van der Waals surface area contributed by atoms with E-state index in [9.17, 15) is 4.79 Å². The molecule has 0 aliphatic heterocycles. The summed E-state index contributed by atoms with van der Waals surface area (Å²) in [7, 11) is 1.71. The van der Waals surface area contributed by atoms with Crippen LogP contribution in [0.25, 0.3) is 11.5 Å². The molecule has 1 amide bonds. The third-order valence-electron chi connectivity index (χ3n) is 4.95. The van der Waals surface area contributed by atoms with Crippen molar-refractivity contribution in [3.8, 4) is 17.2 Å². The highest BCUT2D eigenvalue weighted by Crippen LogP contribution is 2.28. The summed E-state index contributed by atoms with van der Waals surface area (Å²) in [5.41, 5.74) is 2.16. The Labute approximate surface area is 198 Å². The second-order valence-corrected chi connectivity index (χ2v) is 9.45. The molecule has 0 N–H and O–H groups in total. The summed E-state index contributed by atoms with van der Waals surface area (Å²) in [6.07, 6.45) is 0.883. The van der Waals surface area contributed by atoms with Crippen molar-refractivity contribution < 1.29 is 13.9 Å². The molecule has 32 heavy (non-hydrogen) atoms. The first kappa shape index (κ1) is 24.1. The lowest BCUT2D eigenvalue weighted by Crippen LogP contribution is -2.26. The van der Waals surface area contributed by atoms with E-state index in [1.54, 1.807) is 30.1 Å². The minimum Gasteiger partial charge on any atom is -0.492 e. The fourth-order valence-electron chi connectivity index (χ4n) is 3.03. The number of hydrogen-bond donors (Lipinski definition) is 0. The van der Waals surface area contributed by atoms with Crippen molar-refractivity contribution in [3.05, 3.63) is 64.0 Å². The summed E-state index contributed by atoms with van der Waals surface area (Å²) in [4.78, 5) is 14.0. The molecule has 170 valence electrons. The van der Waals surface area contributed by atoms with Gasteiger partial charge in [-0.15, -0.1) is 10.2 Å². The van der Waals surface area contributed by atoms with Crippen molar-refractivity contribution in [3.63, 3.8) is 0 Å². The van der Waals surface area contributed by atoms with Gasteiger partial charge in [0.2, 0.25) is 17.7 Å². The van der Waals surface area contributed by atoms with Crippen LogP contribution in [0.1, 0.15) is 45.1 Å². The number of amides is 1. The van der Waals surface area contributed by atoms with E-state index in [2.05, 4.69) is 43.1 Å². The van der Waals surface area contributed by atoms with Crippen molar-refractivity contribution in [1.29, 1.82) is 0 Å². The summed E-state index contributed by atoms with van der Waals surface area (Å²) < 4.78 is 11.4. The van der Waals surface area contributed by atoms with Crippen molar-refractivity contribution in [2.75, 3.05) is 13.7 Å². The Morgan fingerprint density at radius 1 is 1.09 bits per heavy atom. The molecule has 0 saturated heterocycles. The maximum atomic E-state index is 12.4. The molecule has 0 bridgehead atoms. The predicted octanol–water partition coefficient (Wildman–Crippen LogP) is 6.16. The van der Waals surface area contributed by atoms with E-state index in [1.165, 1.54) is 5.56 Å². The van der Waals surface area contributed by atoms with Gasteiger partial charge in [0, 0.05) is 24.1 Å². The average Bonchev–Trinajstić information content (AvgIpc) is 3.20. The van der Waals surface area contributed by atoms with Crippen LogP contribution in [0.5, 0.6) is 5.75 Å². The number of benzene rings is 2. The van der Waals surface area contributed by atoms with Gasteiger partial charge in [-0.1, -0.05) is 56.1 Å². The highest BCUT2D eigenvalue weighted by molar-refractivity contribution is 6.35. The lowest BCUT2D eigenvalue weighted by Gasteiger charge is -2.18. The molecule has 6 nitrogen and oxygen atoms in total. The van der Waals surface area contributed by atoms with E-state index in [0.29, 0.717) is 47.0 Å². The first-order chi connectivity index (χ1) is 15.1. The van der Waals surface area contributed by atoms with Gasteiger partial charge in [0.15, 0.2) is 0 Å². The highest BCUT2D eigenvalue weighted by atomic mass is 35.5. The van der Waals surface area contributed by atoms with Gasteiger partial charge in [0.1, 0.15) is 5.75 Å². The summed E-state index contributed by atoms with van der Waals surface area (Å²) in [5, 5.41) is 9.19. The second-order valence-electron chi connectivity index (χ2n) is 8.60. The highest BCUT2D eigenvalue weighted by Gasteiger charge is 2.16. The number of carbonyl (C=O) groups is 1. The molecule has 3 rings (SSSR count). The van der Waals surface area contributed by atoms with Gasteiger partial charge in [-0.05, 0) is 47.7 Å². The summed E-state index contributed by atoms with van der Waals surface area (Å²) in [6, 6.07) is 13.1. The molecule has 3 aromatic rings. The van der Waals surface area contributed by atoms with E-state index in [0.717, 1.165) is 5.56 Å². The lowest BCUT2D eigenvalue weighted by atomic mass is 9.87.